The maximum Gasteiger partial charge on any atom is 0.248 e. The third kappa shape index (κ3) is 3.05. The van der Waals surface area contributed by atoms with Crippen molar-refractivity contribution in [2.24, 2.45) is 11.5 Å². The van der Waals surface area contributed by atoms with Crippen molar-refractivity contribution in [3.63, 3.8) is 0 Å². The minimum absolute atomic E-state index is 0.173. The Labute approximate surface area is 106 Å². The molecule has 2 rings (SSSR count). The summed E-state index contributed by atoms with van der Waals surface area (Å²) in [6.07, 6.45) is 2.07. The van der Waals surface area contributed by atoms with E-state index < -0.39 is 5.91 Å². The molecule has 4 nitrogen and oxygen atoms in total. The molecule has 1 atom stereocenters. The number of benzene rings is 1. The van der Waals surface area contributed by atoms with E-state index in [0.29, 0.717) is 12.1 Å². The fourth-order valence-electron chi connectivity index (χ4n) is 2.30. The summed E-state index contributed by atoms with van der Waals surface area (Å²) in [7, 11) is 0. The summed E-state index contributed by atoms with van der Waals surface area (Å²) < 4.78 is 13.8. The van der Waals surface area contributed by atoms with Crippen LogP contribution in [-0.2, 0) is 6.54 Å². The number of piperidine rings is 1. The minimum Gasteiger partial charge on any atom is -0.366 e. The van der Waals surface area contributed by atoms with E-state index in [2.05, 4.69) is 4.90 Å². The number of nitrogens with zero attached hydrogens (tertiary/aromatic N) is 1. The van der Waals surface area contributed by atoms with Crippen molar-refractivity contribution in [2.75, 3.05) is 13.1 Å². The molecule has 1 amide bonds. The van der Waals surface area contributed by atoms with Crippen molar-refractivity contribution in [3.05, 3.63) is 35.1 Å². The molecule has 0 radical (unpaired) electrons. The fraction of sp³-hybridized carbons (Fsp3) is 0.462. The number of rotatable bonds is 3. The lowest BCUT2D eigenvalue weighted by atomic mass is 10.0. The third-order valence-corrected chi connectivity index (χ3v) is 3.27. The van der Waals surface area contributed by atoms with Gasteiger partial charge in [-0.25, -0.2) is 4.39 Å². The van der Waals surface area contributed by atoms with Crippen LogP contribution in [0.25, 0.3) is 0 Å². The summed E-state index contributed by atoms with van der Waals surface area (Å²) in [5, 5.41) is 0. The fourth-order valence-corrected chi connectivity index (χ4v) is 2.30. The average molecular weight is 251 g/mol. The maximum absolute atomic E-state index is 13.8. The Hall–Kier alpha value is -1.46. The first kappa shape index (κ1) is 13.0. The van der Waals surface area contributed by atoms with Gasteiger partial charge in [-0.2, -0.15) is 0 Å². The van der Waals surface area contributed by atoms with Crippen molar-refractivity contribution in [1.82, 2.24) is 4.90 Å². The van der Waals surface area contributed by atoms with Crippen molar-refractivity contribution < 1.29 is 9.18 Å². The highest BCUT2D eigenvalue weighted by molar-refractivity contribution is 5.92. The number of primary amides is 1. The highest BCUT2D eigenvalue weighted by atomic mass is 19.1. The molecule has 0 bridgehead atoms. The lowest BCUT2D eigenvalue weighted by Gasteiger charge is -2.30. The van der Waals surface area contributed by atoms with E-state index in [-0.39, 0.29) is 17.4 Å². The number of nitrogens with two attached hydrogens (primary N) is 2. The molecule has 18 heavy (non-hydrogen) atoms. The summed E-state index contributed by atoms with van der Waals surface area (Å²) >= 11 is 0. The molecule has 1 unspecified atom stereocenters. The van der Waals surface area contributed by atoms with Gasteiger partial charge in [-0.05, 0) is 31.5 Å². The molecule has 5 heteroatoms. The largest absolute Gasteiger partial charge is 0.366 e. The van der Waals surface area contributed by atoms with Crippen LogP contribution in [-0.4, -0.2) is 29.9 Å². The van der Waals surface area contributed by atoms with Crippen LogP contribution in [0.2, 0.25) is 0 Å². The quantitative estimate of drug-likeness (QED) is 0.836. The Bertz CT molecular complexity index is 450. The molecule has 1 saturated heterocycles. The van der Waals surface area contributed by atoms with Crippen molar-refractivity contribution in [3.8, 4) is 0 Å². The van der Waals surface area contributed by atoms with Gasteiger partial charge in [0.15, 0.2) is 0 Å². The zero-order valence-electron chi connectivity index (χ0n) is 10.2. The predicted octanol–water partition coefficient (Wildman–Crippen LogP) is 0.848. The number of carbonyl (C=O) groups excluding carboxylic acids is 1. The molecule has 1 aliphatic heterocycles. The van der Waals surface area contributed by atoms with Gasteiger partial charge >= 0.3 is 0 Å². The van der Waals surface area contributed by atoms with Gasteiger partial charge in [0.1, 0.15) is 5.82 Å². The number of amides is 1. The molecule has 1 heterocycles. The van der Waals surface area contributed by atoms with Crippen LogP contribution in [0.4, 0.5) is 4.39 Å². The first-order valence-corrected chi connectivity index (χ1v) is 6.12. The SMILES string of the molecule is NC(=O)c1ccc(CN2CCCC(N)C2)c(F)c1. The lowest BCUT2D eigenvalue weighted by Crippen LogP contribution is -2.42. The molecule has 1 fully saturated rings. The monoisotopic (exact) mass is 251 g/mol. The van der Waals surface area contributed by atoms with Crippen molar-refractivity contribution in [1.29, 1.82) is 0 Å². The number of halogens is 1. The topological polar surface area (TPSA) is 72.4 Å². The standard InChI is InChI=1S/C13H18FN3O/c14-12-6-9(13(16)18)3-4-10(12)7-17-5-1-2-11(15)8-17/h3-4,6,11H,1-2,5,7-8,15H2,(H2,16,18). The first-order chi connectivity index (χ1) is 8.56. The Morgan fingerprint density at radius 2 is 2.28 bits per heavy atom. The highest BCUT2D eigenvalue weighted by Gasteiger charge is 2.18. The minimum atomic E-state index is -0.611. The van der Waals surface area contributed by atoms with Crippen LogP contribution < -0.4 is 11.5 Å². The van der Waals surface area contributed by atoms with E-state index in [1.54, 1.807) is 12.1 Å². The molecule has 0 spiro atoms. The van der Waals surface area contributed by atoms with E-state index >= 15 is 0 Å². The molecule has 1 aromatic rings. The number of carbonyl (C=O) groups is 1. The van der Waals surface area contributed by atoms with Crippen molar-refractivity contribution in [2.45, 2.75) is 25.4 Å². The predicted molar refractivity (Wildman–Crippen MR) is 67.4 cm³/mol. The second-order valence-electron chi connectivity index (χ2n) is 4.81. The molecule has 98 valence electrons. The highest BCUT2D eigenvalue weighted by Crippen LogP contribution is 2.16. The van der Waals surface area contributed by atoms with E-state index in [9.17, 15) is 9.18 Å². The van der Waals surface area contributed by atoms with Gasteiger partial charge in [-0.3, -0.25) is 9.69 Å². The smallest absolute Gasteiger partial charge is 0.248 e. The molecule has 0 aliphatic carbocycles. The summed E-state index contributed by atoms with van der Waals surface area (Å²) in [6, 6.07) is 4.55. The maximum atomic E-state index is 13.8. The second kappa shape index (κ2) is 5.46. The molecule has 0 aromatic heterocycles. The number of hydrogen-bond donors (Lipinski definition) is 2. The van der Waals surface area contributed by atoms with E-state index in [1.165, 1.54) is 6.07 Å². The van der Waals surface area contributed by atoms with Gasteiger partial charge < -0.3 is 11.5 Å². The van der Waals surface area contributed by atoms with Crippen LogP contribution in [0.15, 0.2) is 18.2 Å². The van der Waals surface area contributed by atoms with Gasteiger partial charge in [0.25, 0.3) is 0 Å². The van der Waals surface area contributed by atoms with Gasteiger partial charge in [0.05, 0.1) is 0 Å². The van der Waals surface area contributed by atoms with Crippen LogP contribution >= 0.6 is 0 Å². The average Bonchev–Trinajstić information content (AvgIpc) is 2.31. The summed E-state index contributed by atoms with van der Waals surface area (Å²) in [6.45, 7) is 2.25. The second-order valence-corrected chi connectivity index (χ2v) is 4.81. The zero-order valence-corrected chi connectivity index (χ0v) is 10.2. The van der Waals surface area contributed by atoms with Gasteiger partial charge in [0, 0.05) is 30.3 Å². The molecule has 1 aliphatic rings. The van der Waals surface area contributed by atoms with E-state index in [0.717, 1.165) is 25.9 Å². The molecular weight excluding hydrogens is 233 g/mol. The summed E-state index contributed by atoms with van der Waals surface area (Å²) in [5.74, 6) is -0.995. The van der Waals surface area contributed by atoms with Crippen LogP contribution in [0.5, 0.6) is 0 Å². The van der Waals surface area contributed by atoms with Gasteiger partial charge in [0.2, 0.25) is 5.91 Å². The Morgan fingerprint density at radius 3 is 2.89 bits per heavy atom. The summed E-state index contributed by atoms with van der Waals surface area (Å²) in [5.41, 5.74) is 11.8. The first-order valence-electron chi connectivity index (χ1n) is 6.12. The number of likely N-dealkylation sites (tertiary alicyclic amines) is 1. The van der Waals surface area contributed by atoms with Crippen LogP contribution in [0.1, 0.15) is 28.8 Å². The van der Waals surface area contributed by atoms with Gasteiger partial charge in [-0.1, -0.05) is 6.07 Å². The lowest BCUT2D eigenvalue weighted by molar-refractivity contribution is 0.1000. The van der Waals surface area contributed by atoms with Gasteiger partial charge in [-0.15, -0.1) is 0 Å². The zero-order chi connectivity index (χ0) is 13.1. The molecule has 1 aromatic carbocycles. The molecule has 0 saturated carbocycles. The third-order valence-electron chi connectivity index (χ3n) is 3.27. The molecular formula is C13H18FN3O. The number of hydrogen-bond acceptors (Lipinski definition) is 3. The summed E-state index contributed by atoms with van der Waals surface area (Å²) in [4.78, 5) is 13.1. The molecule has 4 N–H and O–H groups in total. The van der Waals surface area contributed by atoms with Crippen LogP contribution in [0, 0.1) is 5.82 Å². The Morgan fingerprint density at radius 1 is 1.50 bits per heavy atom. The normalized spacial score (nSPS) is 20.9. The Balaban J connectivity index is 2.07. The van der Waals surface area contributed by atoms with E-state index in [4.69, 9.17) is 11.5 Å². The van der Waals surface area contributed by atoms with Crippen LogP contribution in [0.3, 0.4) is 0 Å². The van der Waals surface area contributed by atoms with E-state index in [1.807, 2.05) is 0 Å². The van der Waals surface area contributed by atoms with Crippen molar-refractivity contribution >= 4 is 5.91 Å². The Kier molecular flexibility index (Phi) is 3.93.